The minimum absolute atomic E-state index is 0.0276. The topological polar surface area (TPSA) is 102 Å². The Kier molecular flexibility index (Phi) is 5.28. The number of amides is 2. The number of nitrogens with one attached hydrogen (secondary N) is 1. The molecule has 32 heavy (non-hydrogen) atoms. The van der Waals surface area contributed by atoms with Crippen LogP contribution in [0.5, 0.6) is 5.88 Å². The number of hydrogen-bond donors (Lipinski definition) is 1. The number of benzene rings is 1. The largest absolute Gasteiger partial charge is 0.480 e. The number of ether oxygens (including phenoxy) is 1. The first-order valence-corrected chi connectivity index (χ1v) is 9.43. The van der Waals surface area contributed by atoms with Crippen molar-refractivity contribution in [3.8, 4) is 5.88 Å². The molecule has 2 aromatic heterocycles. The van der Waals surface area contributed by atoms with Crippen LogP contribution in [0.4, 0.5) is 24.5 Å². The van der Waals surface area contributed by atoms with Crippen LogP contribution in [0.3, 0.4) is 0 Å². The maximum atomic E-state index is 13.2. The van der Waals surface area contributed by atoms with Crippen LogP contribution < -0.4 is 15.0 Å². The summed E-state index contributed by atoms with van der Waals surface area (Å²) in [6.07, 6.45) is -0.555. The molecule has 166 valence electrons. The van der Waals surface area contributed by atoms with E-state index in [0.717, 1.165) is 12.1 Å². The van der Waals surface area contributed by atoms with Crippen LogP contribution in [0.25, 0.3) is 0 Å². The van der Waals surface area contributed by atoms with E-state index in [1.807, 2.05) is 0 Å². The average molecular weight is 446 g/mol. The third-order valence-corrected chi connectivity index (χ3v) is 4.92. The number of alkyl halides is 3. The molecule has 1 N–H and O–H groups in total. The van der Waals surface area contributed by atoms with Crippen LogP contribution in [0.1, 0.15) is 39.5 Å². The van der Waals surface area contributed by atoms with Gasteiger partial charge in [-0.3, -0.25) is 19.3 Å². The van der Waals surface area contributed by atoms with E-state index >= 15 is 0 Å². The van der Waals surface area contributed by atoms with Gasteiger partial charge in [0.2, 0.25) is 5.88 Å². The predicted octanol–water partition coefficient (Wildman–Crippen LogP) is 3.17. The second-order valence-corrected chi connectivity index (χ2v) is 7.06. The lowest BCUT2D eigenvalue weighted by atomic mass is 10.1. The number of aromatic nitrogens is 4. The molecule has 0 aliphatic carbocycles. The Morgan fingerprint density at radius 2 is 1.91 bits per heavy atom. The minimum atomic E-state index is -4.48. The lowest BCUT2D eigenvalue weighted by Gasteiger charge is -2.32. The monoisotopic (exact) mass is 446 g/mol. The van der Waals surface area contributed by atoms with Gasteiger partial charge in [0, 0.05) is 12.2 Å². The van der Waals surface area contributed by atoms with E-state index < -0.39 is 23.6 Å². The first-order valence-electron chi connectivity index (χ1n) is 9.43. The van der Waals surface area contributed by atoms with Crippen molar-refractivity contribution in [2.24, 2.45) is 0 Å². The zero-order valence-corrected chi connectivity index (χ0v) is 16.9. The van der Waals surface area contributed by atoms with Crippen molar-refractivity contribution in [1.82, 2.24) is 19.7 Å². The summed E-state index contributed by atoms with van der Waals surface area (Å²) in [5.41, 5.74) is -0.282. The SMILES string of the molecule is COc1cncc(C(=O)Nc2cnn3c2C(=O)N(c2ccc(C(F)(F)F)cc2)C[C@@H]3C)n1. The molecule has 4 rings (SSSR count). The number of methoxy groups -OCH3 is 1. The average Bonchev–Trinajstić information content (AvgIpc) is 3.20. The standard InChI is InChI=1S/C20H17F3N6O3/c1-11-10-28(13-5-3-12(4-6-13)20(21,22)23)19(31)17-14(8-25-29(11)17)27-18(30)15-7-24-9-16(26-15)32-2/h3-9,11H,10H2,1-2H3,(H,27,30)/t11-/m0/s1. The third-order valence-electron chi connectivity index (χ3n) is 4.92. The van der Waals surface area contributed by atoms with Crippen molar-refractivity contribution in [2.75, 3.05) is 23.9 Å². The molecule has 1 aliphatic rings. The van der Waals surface area contributed by atoms with E-state index in [0.29, 0.717) is 5.69 Å². The van der Waals surface area contributed by atoms with Crippen molar-refractivity contribution in [2.45, 2.75) is 19.1 Å². The van der Waals surface area contributed by atoms with Gasteiger partial charge in [-0.1, -0.05) is 0 Å². The number of anilines is 2. The van der Waals surface area contributed by atoms with E-state index in [1.165, 1.54) is 47.4 Å². The van der Waals surface area contributed by atoms with E-state index in [-0.39, 0.29) is 35.5 Å². The molecular weight excluding hydrogens is 429 g/mol. The smallest absolute Gasteiger partial charge is 0.416 e. The zero-order chi connectivity index (χ0) is 23.0. The molecule has 3 aromatic rings. The second kappa shape index (κ2) is 7.94. The molecule has 1 aliphatic heterocycles. The fourth-order valence-corrected chi connectivity index (χ4v) is 3.35. The van der Waals surface area contributed by atoms with Gasteiger partial charge < -0.3 is 15.0 Å². The lowest BCUT2D eigenvalue weighted by molar-refractivity contribution is -0.137. The molecule has 0 saturated heterocycles. The summed E-state index contributed by atoms with van der Waals surface area (Å²) >= 11 is 0. The Morgan fingerprint density at radius 1 is 1.19 bits per heavy atom. The molecule has 1 atom stereocenters. The normalized spacial score (nSPS) is 16.0. The van der Waals surface area contributed by atoms with Gasteiger partial charge >= 0.3 is 6.18 Å². The molecule has 12 heteroatoms. The molecule has 0 bridgehead atoms. The lowest BCUT2D eigenvalue weighted by Crippen LogP contribution is -2.43. The van der Waals surface area contributed by atoms with Crippen LogP contribution in [-0.4, -0.2) is 45.2 Å². The number of rotatable bonds is 4. The van der Waals surface area contributed by atoms with Gasteiger partial charge in [-0.15, -0.1) is 0 Å². The summed E-state index contributed by atoms with van der Waals surface area (Å²) in [6.45, 7) is 2.01. The van der Waals surface area contributed by atoms with Crippen LogP contribution >= 0.6 is 0 Å². The quantitative estimate of drug-likeness (QED) is 0.661. The van der Waals surface area contributed by atoms with Crippen LogP contribution in [-0.2, 0) is 6.18 Å². The molecule has 0 unspecified atom stereocenters. The van der Waals surface area contributed by atoms with E-state index in [9.17, 15) is 22.8 Å². The summed E-state index contributed by atoms with van der Waals surface area (Å²) in [5, 5.41) is 6.78. The van der Waals surface area contributed by atoms with Gasteiger partial charge in [0.05, 0.1) is 43.0 Å². The van der Waals surface area contributed by atoms with Gasteiger partial charge in [0.25, 0.3) is 11.8 Å². The van der Waals surface area contributed by atoms with Crippen molar-refractivity contribution in [3.05, 3.63) is 59.8 Å². The highest BCUT2D eigenvalue weighted by atomic mass is 19.4. The molecule has 3 heterocycles. The van der Waals surface area contributed by atoms with E-state index in [2.05, 4.69) is 20.4 Å². The summed E-state index contributed by atoms with van der Waals surface area (Å²) in [5.74, 6) is -0.987. The Labute approximate surface area is 179 Å². The highest BCUT2D eigenvalue weighted by molar-refractivity contribution is 6.12. The Balaban J connectivity index is 1.62. The van der Waals surface area contributed by atoms with Crippen molar-refractivity contribution >= 4 is 23.2 Å². The maximum absolute atomic E-state index is 13.2. The molecule has 1 aromatic carbocycles. The summed E-state index contributed by atoms with van der Waals surface area (Å²) in [7, 11) is 1.38. The van der Waals surface area contributed by atoms with Crippen LogP contribution in [0, 0.1) is 0 Å². The molecule has 2 amide bonds. The summed E-state index contributed by atoms with van der Waals surface area (Å²) in [4.78, 5) is 35.0. The molecule has 9 nitrogen and oxygen atoms in total. The number of carbonyl (C=O) groups is 2. The van der Waals surface area contributed by atoms with Crippen molar-refractivity contribution < 1.29 is 27.5 Å². The third kappa shape index (κ3) is 3.86. The van der Waals surface area contributed by atoms with E-state index in [4.69, 9.17) is 4.74 Å². The van der Waals surface area contributed by atoms with Gasteiger partial charge in [-0.2, -0.15) is 18.3 Å². The van der Waals surface area contributed by atoms with Crippen LogP contribution in [0.2, 0.25) is 0 Å². The van der Waals surface area contributed by atoms with E-state index in [1.54, 1.807) is 6.92 Å². The van der Waals surface area contributed by atoms with Crippen molar-refractivity contribution in [1.29, 1.82) is 0 Å². The number of fused-ring (bicyclic) bond motifs is 1. The Hall–Kier alpha value is -3.96. The molecular formula is C20H17F3N6O3. The Morgan fingerprint density at radius 3 is 2.56 bits per heavy atom. The molecule has 0 radical (unpaired) electrons. The zero-order valence-electron chi connectivity index (χ0n) is 16.9. The molecule has 0 spiro atoms. The fraction of sp³-hybridized carbons (Fsp3) is 0.250. The summed E-state index contributed by atoms with van der Waals surface area (Å²) < 4.78 is 45.0. The van der Waals surface area contributed by atoms with Gasteiger partial charge in [0.1, 0.15) is 0 Å². The van der Waals surface area contributed by atoms with Crippen LogP contribution in [0.15, 0.2) is 42.9 Å². The van der Waals surface area contributed by atoms with Gasteiger partial charge in [0.15, 0.2) is 11.4 Å². The molecule has 0 fully saturated rings. The number of nitrogens with zero attached hydrogens (tertiary/aromatic N) is 5. The van der Waals surface area contributed by atoms with Gasteiger partial charge in [-0.25, -0.2) is 4.98 Å². The summed E-state index contributed by atoms with van der Waals surface area (Å²) in [6, 6.07) is 4.03. The highest BCUT2D eigenvalue weighted by Crippen LogP contribution is 2.33. The number of carbonyl (C=O) groups excluding carboxylic acids is 2. The van der Waals surface area contributed by atoms with Crippen molar-refractivity contribution in [3.63, 3.8) is 0 Å². The van der Waals surface area contributed by atoms with Gasteiger partial charge in [-0.05, 0) is 31.2 Å². The first-order chi connectivity index (χ1) is 15.2. The maximum Gasteiger partial charge on any atom is 0.416 e. The number of hydrogen-bond acceptors (Lipinski definition) is 6. The number of halogens is 3. The first kappa shape index (κ1) is 21.3. The Bertz CT molecular complexity index is 1180. The second-order valence-electron chi connectivity index (χ2n) is 7.06. The fourth-order valence-electron chi connectivity index (χ4n) is 3.35. The minimum Gasteiger partial charge on any atom is -0.480 e. The highest BCUT2D eigenvalue weighted by Gasteiger charge is 2.35. The molecule has 0 saturated carbocycles. The predicted molar refractivity (Wildman–Crippen MR) is 107 cm³/mol.